The number of aliphatic imine (C=N–C) groups is 1. The molecule has 2 rings (SSSR count). The second kappa shape index (κ2) is 5.64. The Hall–Kier alpha value is -1.61. The Balaban J connectivity index is 2.29. The van der Waals surface area contributed by atoms with Gasteiger partial charge in [0.1, 0.15) is 11.4 Å². The van der Waals surface area contributed by atoms with E-state index in [9.17, 15) is 0 Å². The standard InChI is InChI=1S/C14H12BrNO/c1-17-14-9-5-4-8-13(14)16-10-11-6-2-3-7-12(11)15/h2-10H,1H3. The van der Waals surface area contributed by atoms with E-state index in [2.05, 4.69) is 20.9 Å². The number of halogens is 1. The highest BCUT2D eigenvalue weighted by Gasteiger charge is 1.99. The van der Waals surface area contributed by atoms with Crippen LogP contribution in [0.4, 0.5) is 5.69 Å². The van der Waals surface area contributed by atoms with Crippen molar-refractivity contribution >= 4 is 27.8 Å². The minimum Gasteiger partial charge on any atom is -0.494 e. The first kappa shape index (κ1) is 11.9. The number of benzene rings is 2. The lowest BCUT2D eigenvalue weighted by atomic mass is 10.2. The predicted molar refractivity (Wildman–Crippen MR) is 74.4 cm³/mol. The molecule has 0 N–H and O–H groups in total. The van der Waals surface area contributed by atoms with Gasteiger partial charge in [0, 0.05) is 16.3 Å². The van der Waals surface area contributed by atoms with E-state index in [4.69, 9.17) is 4.74 Å². The third-order valence-corrected chi connectivity index (χ3v) is 3.06. The summed E-state index contributed by atoms with van der Waals surface area (Å²) in [6.07, 6.45) is 1.82. The van der Waals surface area contributed by atoms with Gasteiger partial charge in [0.2, 0.25) is 0 Å². The molecule has 0 atom stereocenters. The number of hydrogen-bond donors (Lipinski definition) is 0. The van der Waals surface area contributed by atoms with Crippen LogP contribution >= 0.6 is 15.9 Å². The summed E-state index contributed by atoms with van der Waals surface area (Å²) < 4.78 is 6.27. The van der Waals surface area contributed by atoms with Crippen LogP contribution in [0.1, 0.15) is 5.56 Å². The lowest BCUT2D eigenvalue weighted by molar-refractivity contribution is 0.416. The topological polar surface area (TPSA) is 21.6 Å². The summed E-state index contributed by atoms with van der Waals surface area (Å²) in [5.41, 5.74) is 1.86. The van der Waals surface area contributed by atoms with Gasteiger partial charge in [0.25, 0.3) is 0 Å². The molecule has 0 aromatic heterocycles. The molecule has 0 saturated heterocycles. The maximum Gasteiger partial charge on any atom is 0.144 e. The van der Waals surface area contributed by atoms with Gasteiger partial charge in [-0.15, -0.1) is 0 Å². The first-order chi connectivity index (χ1) is 8.31. The quantitative estimate of drug-likeness (QED) is 0.776. The van der Waals surface area contributed by atoms with Crippen LogP contribution in [-0.4, -0.2) is 13.3 Å². The fourth-order valence-corrected chi connectivity index (χ4v) is 1.84. The number of hydrogen-bond acceptors (Lipinski definition) is 2. The summed E-state index contributed by atoms with van der Waals surface area (Å²) >= 11 is 3.48. The molecule has 0 radical (unpaired) electrons. The fraction of sp³-hybridized carbons (Fsp3) is 0.0714. The van der Waals surface area contributed by atoms with E-state index < -0.39 is 0 Å². The molecule has 2 nitrogen and oxygen atoms in total. The third-order valence-electron chi connectivity index (χ3n) is 2.33. The average molecular weight is 290 g/mol. The van der Waals surface area contributed by atoms with E-state index in [-0.39, 0.29) is 0 Å². The Morgan fingerprint density at radius 3 is 2.53 bits per heavy atom. The molecule has 0 heterocycles. The van der Waals surface area contributed by atoms with Gasteiger partial charge in [-0.3, -0.25) is 4.99 Å². The number of methoxy groups -OCH3 is 1. The van der Waals surface area contributed by atoms with E-state index in [1.54, 1.807) is 7.11 Å². The monoisotopic (exact) mass is 289 g/mol. The van der Waals surface area contributed by atoms with Crippen molar-refractivity contribution in [3.05, 3.63) is 58.6 Å². The van der Waals surface area contributed by atoms with Gasteiger partial charge in [-0.05, 0) is 18.2 Å². The van der Waals surface area contributed by atoms with E-state index >= 15 is 0 Å². The highest BCUT2D eigenvalue weighted by Crippen LogP contribution is 2.26. The molecule has 0 spiro atoms. The summed E-state index contributed by atoms with van der Waals surface area (Å²) in [6.45, 7) is 0. The molecule has 0 aliphatic heterocycles. The van der Waals surface area contributed by atoms with Crippen LogP contribution in [0.25, 0.3) is 0 Å². The Morgan fingerprint density at radius 1 is 1.06 bits per heavy atom. The number of nitrogens with zero attached hydrogens (tertiary/aromatic N) is 1. The molecular formula is C14H12BrNO. The highest BCUT2D eigenvalue weighted by molar-refractivity contribution is 9.10. The van der Waals surface area contributed by atoms with Crippen molar-refractivity contribution in [2.75, 3.05) is 7.11 Å². The van der Waals surface area contributed by atoms with Gasteiger partial charge in [0.15, 0.2) is 0 Å². The lowest BCUT2D eigenvalue weighted by Crippen LogP contribution is -1.85. The molecule has 0 saturated carbocycles. The molecule has 17 heavy (non-hydrogen) atoms. The van der Waals surface area contributed by atoms with Crippen molar-refractivity contribution in [2.45, 2.75) is 0 Å². The fourth-order valence-electron chi connectivity index (χ4n) is 1.46. The SMILES string of the molecule is COc1ccccc1N=Cc1ccccc1Br. The van der Waals surface area contributed by atoms with Crippen LogP contribution < -0.4 is 4.74 Å². The van der Waals surface area contributed by atoms with Crippen molar-refractivity contribution in [1.29, 1.82) is 0 Å². The predicted octanol–water partition coefficient (Wildman–Crippen LogP) is 4.21. The Morgan fingerprint density at radius 2 is 1.76 bits per heavy atom. The van der Waals surface area contributed by atoms with E-state index in [0.29, 0.717) is 0 Å². The van der Waals surface area contributed by atoms with Gasteiger partial charge < -0.3 is 4.74 Å². The first-order valence-corrected chi connectivity index (χ1v) is 6.02. The number of ether oxygens (including phenoxy) is 1. The third kappa shape index (κ3) is 2.94. The molecule has 3 heteroatoms. The zero-order chi connectivity index (χ0) is 12.1. The highest BCUT2D eigenvalue weighted by atomic mass is 79.9. The molecule has 2 aromatic carbocycles. The first-order valence-electron chi connectivity index (χ1n) is 5.23. The maximum atomic E-state index is 5.24. The van der Waals surface area contributed by atoms with Crippen LogP contribution in [0, 0.1) is 0 Å². The largest absolute Gasteiger partial charge is 0.494 e. The van der Waals surface area contributed by atoms with E-state index in [1.165, 1.54) is 0 Å². The smallest absolute Gasteiger partial charge is 0.144 e. The van der Waals surface area contributed by atoms with Gasteiger partial charge in [0.05, 0.1) is 7.11 Å². The minimum atomic E-state index is 0.774. The number of rotatable bonds is 3. The molecular weight excluding hydrogens is 278 g/mol. The summed E-state index contributed by atoms with van der Waals surface area (Å²) in [5, 5.41) is 0. The molecule has 0 unspecified atom stereocenters. The molecule has 0 aliphatic rings. The molecule has 86 valence electrons. The van der Waals surface area contributed by atoms with Crippen molar-refractivity contribution in [3.8, 4) is 5.75 Å². The van der Waals surface area contributed by atoms with Crippen LogP contribution in [0.5, 0.6) is 5.75 Å². The molecule has 0 bridgehead atoms. The Bertz CT molecular complexity index is 537. The van der Waals surface area contributed by atoms with Gasteiger partial charge in [-0.2, -0.15) is 0 Å². The lowest BCUT2D eigenvalue weighted by Gasteiger charge is -2.03. The van der Waals surface area contributed by atoms with Crippen LogP contribution in [-0.2, 0) is 0 Å². The summed E-state index contributed by atoms with van der Waals surface area (Å²) in [5.74, 6) is 0.774. The van der Waals surface area contributed by atoms with Crippen molar-refractivity contribution in [2.24, 2.45) is 4.99 Å². The molecule has 0 amide bonds. The van der Waals surface area contributed by atoms with Gasteiger partial charge in [-0.25, -0.2) is 0 Å². The Kier molecular flexibility index (Phi) is 3.94. The second-order valence-electron chi connectivity index (χ2n) is 3.45. The van der Waals surface area contributed by atoms with Crippen molar-refractivity contribution < 1.29 is 4.74 Å². The van der Waals surface area contributed by atoms with Gasteiger partial charge >= 0.3 is 0 Å². The maximum absolute atomic E-state index is 5.24. The summed E-state index contributed by atoms with van der Waals surface area (Å²) in [4.78, 5) is 4.43. The Labute approximate surface area is 109 Å². The van der Waals surface area contributed by atoms with E-state index in [1.807, 2.05) is 54.7 Å². The van der Waals surface area contributed by atoms with Crippen molar-refractivity contribution in [3.63, 3.8) is 0 Å². The van der Waals surface area contributed by atoms with Crippen molar-refractivity contribution in [1.82, 2.24) is 0 Å². The number of para-hydroxylation sites is 2. The van der Waals surface area contributed by atoms with Crippen LogP contribution in [0.3, 0.4) is 0 Å². The molecule has 0 aliphatic carbocycles. The normalized spacial score (nSPS) is 10.7. The van der Waals surface area contributed by atoms with Crippen LogP contribution in [0.15, 0.2) is 58.0 Å². The zero-order valence-electron chi connectivity index (χ0n) is 9.43. The molecule has 2 aromatic rings. The molecule has 0 fully saturated rings. The van der Waals surface area contributed by atoms with Crippen LogP contribution in [0.2, 0.25) is 0 Å². The summed E-state index contributed by atoms with van der Waals surface area (Å²) in [7, 11) is 1.65. The summed E-state index contributed by atoms with van der Waals surface area (Å²) in [6, 6.07) is 15.6. The van der Waals surface area contributed by atoms with E-state index in [0.717, 1.165) is 21.5 Å². The van der Waals surface area contributed by atoms with Gasteiger partial charge in [-0.1, -0.05) is 46.3 Å². The minimum absolute atomic E-state index is 0.774. The second-order valence-corrected chi connectivity index (χ2v) is 4.31. The zero-order valence-corrected chi connectivity index (χ0v) is 11.0. The average Bonchev–Trinajstić information content (AvgIpc) is 2.38.